The molecule has 0 N–H and O–H groups in total. The first-order valence-corrected chi connectivity index (χ1v) is 11.4. The van der Waals surface area contributed by atoms with Gasteiger partial charge in [-0.1, -0.05) is 23.4 Å². The molecule has 162 valence electrons. The van der Waals surface area contributed by atoms with Crippen LogP contribution in [0.4, 0.5) is 4.79 Å². The number of carbonyl (C=O) groups is 1. The number of cyclic esters (lactones) is 1. The van der Waals surface area contributed by atoms with E-state index in [1.807, 2.05) is 30.3 Å². The summed E-state index contributed by atoms with van der Waals surface area (Å²) in [5.41, 5.74) is 0.360. The van der Waals surface area contributed by atoms with Gasteiger partial charge in [-0.15, -0.1) is 0 Å². The zero-order valence-corrected chi connectivity index (χ0v) is 17.8. The summed E-state index contributed by atoms with van der Waals surface area (Å²) in [6, 6.07) is 9.31. The quantitative estimate of drug-likeness (QED) is 0.686. The topological polar surface area (TPSA) is 102 Å². The van der Waals surface area contributed by atoms with Gasteiger partial charge in [0.05, 0.1) is 6.54 Å². The number of para-hydroxylation sites is 1. The molecule has 9 nitrogen and oxygen atoms in total. The van der Waals surface area contributed by atoms with E-state index in [9.17, 15) is 13.2 Å². The largest absolute Gasteiger partial charge is 0.490 e. The Morgan fingerprint density at radius 2 is 1.87 bits per heavy atom. The maximum absolute atomic E-state index is 13.0. The molecular formula is C20H25N3O6S. The first-order valence-electron chi connectivity index (χ1n) is 9.94. The van der Waals surface area contributed by atoms with E-state index in [1.165, 1.54) is 4.31 Å². The first kappa shape index (κ1) is 20.7. The summed E-state index contributed by atoms with van der Waals surface area (Å²) in [7, 11) is -3.67. The summed E-state index contributed by atoms with van der Waals surface area (Å²) in [6.07, 6.45) is 0.374. The molecule has 2 fully saturated rings. The number of amides is 1. The average molecular weight is 436 g/mol. The van der Waals surface area contributed by atoms with Crippen LogP contribution in [0.5, 0.6) is 5.75 Å². The molecule has 1 aromatic carbocycles. The van der Waals surface area contributed by atoms with E-state index in [0.717, 1.165) is 5.75 Å². The van der Waals surface area contributed by atoms with Crippen molar-refractivity contribution in [3.8, 4) is 5.75 Å². The van der Waals surface area contributed by atoms with Crippen LogP contribution in [0, 0.1) is 13.8 Å². The minimum atomic E-state index is -3.67. The second kappa shape index (κ2) is 8.27. The molecule has 0 radical (unpaired) electrons. The van der Waals surface area contributed by atoms with Crippen molar-refractivity contribution in [2.75, 3.05) is 26.2 Å². The van der Waals surface area contributed by atoms with Crippen molar-refractivity contribution in [1.29, 1.82) is 0 Å². The van der Waals surface area contributed by atoms with E-state index in [0.29, 0.717) is 43.9 Å². The molecule has 1 aromatic heterocycles. The summed E-state index contributed by atoms with van der Waals surface area (Å²) in [6.45, 7) is 4.59. The van der Waals surface area contributed by atoms with Gasteiger partial charge in [-0.05, 0) is 38.8 Å². The Bertz CT molecular complexity index is 979. The van der Waals surface area contributed by atoms with Crippen molar-refractivity contribution in [3.05, 3.63) is 41.8 Å². The SMILES string of the molecule is Cc1noc(C)c1S(=O)(=O)N1CCC(N2CC(COc3ccccc3)OC2=O)CC1. The van der Waals surface area contributed by atoms with Crippen LogP contribution >= 0.6 is 0 Å². The molecule has 4 rings (SSSR count). The summed E-state index contributed by atoms with van der Waals surface area (Å²) in [4.78, 5) is 14.2. The van der Waals surface area contributed by atoms with Crippen LogP contribution in [0.1, 0.15) is 24.3 Å². The molecule has 1 amide bonds. The minimum Gasteiger partial charge on any atom is -0.490 e. The van der Waals surface area contributed by atoms with Crippen LogP contribution in [0.15, 0.2) is 39.8 Å². The third-order valence-electron chi connectivity index (χ3n) is 5.51. The lowest BCUT2D eigenvalue weighted by molar-refractivity contribution is 0.0999. The lowest BCUT2D eigenvalue weighted by Gasteiger charge is -2.34. The van der Waals surface area contributed by atoms with Crippen molar-refractivity contribution < 1.29 is 27.2 Å². The standard InChI is InChI=1S/C20H25N3O6S/c1-14-19(15(2)29-21-14)30(25,26)22-10-8-16(9-11-22)23-12-18(28-20(23)24)13-27-17-6-4-3-5-7-17/h3-7,16,18H,8-13H2,1-2H3. The number of aromatic nitrogens is 1. The lowest BCUT2D eigenvalue weighted by Crippen LogP contribution is -2.47. The van der Waals surface area contributed by atoms with Gasteiger partial charge in [-0.2, -0.15) is 4.31 Å². The van der Waals surface area contributed by atoms with Crippen LogP contribution in [0.3, 0.4) is 0 Å². The second-order valence-electron chi connectivity index (χ2n) is 7.57. The third-order valence-corrected chi connectivity index (χ3v) is 7.66. The molecule has 2 aliphatic heterocycles. The van der Waals surface area contributed by atoms with Gasteiger partial charge in [0.2, 0.25) is 10.0 Å². The maximum atomic E-state index is 13.0. The van der Waals surface area contributed by atoms with E-state index in [4.69, 9.17) is 14.0 Å². The van der Waals surface area contributed by atoms with Gasteiger partial charge in [-0.3, -0.25) is 0 Å². The number of carbonyl (C=O) groups excluding carboxylic acids is 1. The summed E-state index contributed by atoms with van der Waals surface area (Å²) in [5.74, 6) is 1.02. The van der Waals surface area contributed by atoms with Crippen LogP contribution in [-0.2, 0) is 14.8 Å². The van der Waals surface area contributed by atoms with E-state index in [2.05, 4.69) is 5.16 Å². The van der Waals surface area contributed by atoms with Crippen LogP contribution < -0.4 is 4.74 Å². The van der Waals surface area contributed by atoms with Crippen LogP contribution in [-0.4, -0.2) is 67.3 Å². The first-order chi connectivity index (χ1) is 14.4. The van der Waals surface area contributed by atoms with Crippen LogP contribution in [0.25, 0.3) is 0 Å². The molecule has 1 unspecified atom stereocenters. The Balaban J connectivity index is 1.33. The van der Waals surface area contributed by atoms with E-state index in [1.54, 1.807) is 18.7 Å². The molecule has 1 atom stereocenters. The van der Waals surface area contributed by atoms with Crippen molar-refractivity contribution in [3.63, 3.8) is 0 Å². The number of nitrogens with zero attached hydrogens (tertiary/aromatic N) is 3. The highest BCUT2D eigenvalue weighted by Gasteiger charge is 2.40. The van der Waals surface area contributed by atoms with Crippen molar-refractivity contribution in [1.82, 2.24) is 14.4 Å². The number of aryl methyl sites for hydroxylation is 2. The Kier molecular flexibility index (Phi) is 5.70. The Labute approximate surface area is 175 Å². The molecule has 0 spiro atoms. The number of rotatable bonds is 6. The van der Waals surface area contributed by atoms with Gasteiger partial charge in [0.15, 0.2) is 11.9 Å². The molecule has 10 heteroatoms. The molecule has 2 saturated heterocycles. The third kappa shape index (κ3) is 4.01. The molecule has 30 heavy (non-hydrogen) atoms. The van der Waals surface area contributed by atoms with Gasteiger partial charge in [-0.25, -0.2) is 13.2 Å². The summed E-state index contributed by atoms with van der Waals surface area (Å²) >= 11 is 0. The van der Waals surface area contributed by atoms with E-state index in [-0.39, 0.29) is 29.7 Å². The number of piperidine rings is 1. The minimum absolute atomic E-state index is 0.0599. The van der Waals surface area contributed by atoms with Gasteiger partial charge < -0.3 is 18.9 Å². The lowest BCUT2D eigenvalue weighted by atomic mass is 10.1. The zero-order valence-electron chi connectivity index (χ0n) is 17.0. The van der Waals surface area contributed by atoms with Gasteiger partial charge in [0.1, 0.15) is 22.9 Å². The Morgan fingerprint density at radius 1 is 1.17 bits per heavy atom. The van der Waals surface area contributed by atoms with E-state index >= 15 is 0 Å². The van der Waals surface area contributed by atoms with Gasteiger partial charge in [0, 0.05) is 19.1 Å². The Morgan fingerprint density at radius 3 is 2.50 bits per heavy atom. The maximum Gasteiger partial charge on any atom is 0.410 e. The number of hydrogen-bond acceptors (Lipinski definition) is 7. The molecular weight excluding hydrogens is 410 g/mol. The fraction of sp³-hybridized carbons (Fsp3) is 0.500. The monoisotopic (exact) mass is 435 g/mol. The Hall–Kier alpha value is -2.59. The van der Waals surface area contributed by atoms with Gasteiger partial charge >= 0.3 is 6.09 Å². The van der Waals surface area contributed by atoms with Crippen molar-refractivity contribution in [2.45, 2.75) is 43.7 Å². The molecule has 0 saturated carbocycles. The summed E-state index contributed by atoms with van der Waals surface area (Å²) < 4.78 is 43.5. The predicted molar refractivity (Wildman–Crippen MR) is 107 cm³/mol. The van der Waals surface area contributed by atoms with Crippen LogP contribution in [0.2, 0.25) is 0 Å². The smallest absolute Gasteiger partial charge is 0.410 e. The highest BCUT2D eigenvalue weighted by Crippen LogP contribution is 2.29. The van der Waals surface area contributed by atoms with E-state index < -0.39 is 10.0 Å². The highest BCUT2D eigenvalue weighted by atomic mass is 32.2. The number of ether oxygens (including phenoxy) is 2. The van der Waals surface area contributed by atoms with Crippen molar-refractivity contribution >= 4 is 16.1 Å². The zero-order chi connectivity index (χ0) is 21.3. The number of hydrogen-bond donors (Lipinski definition) is 0. The highest BCUT2D eigenvalue weighted by molar-refractivity contribution is 7.89. The average Bonchev–Trinajstić information content (AvgIpc) is 3.29. The predicted octanol–water partition coefficient (Wildman–Crippen LogP) is 2.34. The summed E-state index contributed by atoms with van der Waals surface area (Å²) in [5, 5.41) is 3.75. The number of sulfonamides is 1. The van der Waals surface area contributed by atoms with Crippen molar-refractivity contribution in [2.24, 2.45) is 0 Å². The molecule has 0 bridgehead atoms. The van der Waals surface area contributed by atoms with Gasteiger partial charge in [0.25, 0.3) is 0 Å². The molecule has 2 aliphatic rings. The molecule has 3 heterocycles. The molecule has 2 aromatic rings. The fourth-order valence-electron chi connectivity index (χ4n) is 4.00. The fourth-order valence-corrected chi connectivity index (χ4v) is 5.76. The molecule has 0 aliphatic carbocycles. The second-order valence-corrected chi connectivity index (χ2v) is 9.45. The normalized spacial score (nSPS) is 21.1. The number of benzene rings is 1.